The lowest BCUT2D eigenvalue weighted by molar-refractivity contribution is 0.275. The van der Waals surface area contributed by atoms with Crippen molar-refractivity contribution in [1.82, 2.24) is 0 Å². The molecule has 6 nitrogen and oxygen atoms in total. The minimum Gasteiger partial charge on any atom is -0.507 e. The highest BCUT2D eigenvalue weighted by atomic mass is 16.3. The van der Waals surface area contributed by atoms with Crippen molar-refractivity contribution in [2.75, 3.05) is 0 Å². The number of benzene rings is 2. The van der Waals surface area contributed by atoms with Crippen molar-refractivity contribution in [3.63, 3.8) is 0 Å². The molecule has 0 spiro atoms. The molecule has 0 saturated heterocycles. The molecule has 18 heavy (non-hydrogen) atoms. The molecular formula is C12H12O6. The zero-order valence-electron chi connectivity index (χ0n) is 9.47. The standard InChI is InChI=1S/C12H12O6/c1-4-2-5-7(8(14)6(4)3-13)10(16)12(18)11(17)9(5)15/h2,13-18H,3H2,1H3. The Hall–Kier alpha value is -2.34. The molecule has 2 rings (SSSR count). The Balaban J connectivity index is 3.07. The van der Waals surface area contributed by atoms with E-state index in [1.54, 1.807) is 6.92 Å². The minimum absolute atomic E-state index is 0.0185. The summed E-state index contributed by atoms with van der Waals surface area (Å²) in [6.07, 6.45) is 0. The van der Waals surface area contributed by atoms with Crippen LogP contribution in [0.25, 0.3) is 10.8 Å². The molecule has 6 N–H and O–H groups in total. The Morgan fingerprint density at radius 1 is 0.833 bits per heavy atom. The number of hydrogen-bond donors (Lipinski definition) is 6. The lowest BCUT2D eigenvalue weighted by Gasteiger charge is -2.14. The fourth-order valence-electron chi connectivity index (χ4n) is 1.94. The number of phenols is 5. The number of aliphatic hydroxyl groups excluding tert-OH is 1. The molecule has 0 saturated carbocycles. The van der Waals surface area contributed by atoms with Crippen LogP contribution in [0.15, 0.2) is 6.07 Å². The van der Waals surface area contributed by atoms with Crippen LogP contribution in [0.4, 0.5) is 0 Å². The summed E-state index contributed by atoms with van der Waals surface area (Å²) in [4.78, 5) is 0. The van der Waals surface area contributed by atoms with E-state index in [1.807, 2.05) is 0 Å². The predicted octanol–water partition coefficient (Wildman–Crippen LogP) is 1.17. The first-order valence-corrected chi connectivity index (χ1v) is 5.12. The van der Waals surface area contributed by atoms with Crippen LogP contribution in [-0.2, 0) is 6.61 Å². The summed E-state index contributed by atoms with van der Waals surface area (Å²) in [7, 11) is 0. The van der Waals surface area contributed by atoms with Gasteiger partial charge in [0, 0.05) is 10.9 Å². The maximum atomic E-state index is 9.93. The number of hydrogen-bond acceptors (Lipinski definition) is 6. The van der Waals surface area contributed by atoms with Gasteiger partial charge < -0.3 is 30.6 Å². The molecule has 0 aliphatic heterocycles. The topological polar surface area (TPSA) is 121 Å². The quantitative estimate of drug-likeness (QED) is 0.334. The highest BCUT2D eigenvalue weighted by Crippen LogP contribution is 2.52. The Kier molecular flexibility index (Phi) is 2.59. The number of rotatable bonds is 1. The van der Waals surface area contributed by atoms with E-state index in [4.69, 9.17) is 5.11 Å². The molecule has 2 aromatic carbocycles. The van der Waals surface area contributed by atoms with E-state index in [9.17, 15) is 25.5 Å². The van der Waals surface area contributed by atoms with Crippen molar-refractivity contribution in [3.8, 4) is 28.7 Å². The molecule has 0 atom stereocenters. The highest BCUT2D eigenvalue weighted by molar-refractivity contribution is 6.02. The van der Waals surface area contributed by atoms with Gasteiger partial charge in [-0.2, -0.15) is 0 Å². The van der Waals surface area contributed by atoms with E-state index in [-0.39, 0.29) is 16.3 Å². The first kappa shape index (κ1) is 12.1. The summed E-state index contributed by atoms with van der Waals surface area (Å²) in [6.45, 7) is 1.13. The number of phenolic OH excluding ortho intramolecular Hbond substituents is 4. The summed E-state index contributed by atoms with van der Waals surface area (Å²) in [5.41, 5.74) is 0.643. The van der Waals surface area contributed by atoms with Gasteiger partial charge >= 0.3 is 0 Å². The fourth-order valence-corrected chi connectivity index (χ4v) is 1.94. The number of aryl methyl sites for hydroxylation is 1. The molecule has 0 unspecified atom stereocenters. The summed E-state index contributed by atoms with van der Waals surface area (Å²) < 4.78 is 0. The van der Waals surface area contributed by atoms with E-state index in [0.29, 0.717) is 5.56 Å². The normalized spacial score (nSPS) is 11.0. The smallest absolute Gasteiger partial charge is 0.205 e. The Labute approximate surface area is 102 Å². The van der Waals surface area contributed by atoms with Gasteiger partial charge in [-0.3, -0.25) is 0 Å². The monoisotopic (exact) mass is 252 g/mol. The molecule has 0 aliphatic rings. The van der Waals surface area contributed by atoms with Gasteiger partial charge in [0.1, 0.15) is 5.75 Å². The SMILES string of the molecule is Cc1cc2c(O)c(O)c(O)c(O)c2c(O)c1CO. The first-order chi connectivity index (χ1) is 8.40. The summed E-state index contributed by atoms with van der Waals surface area (Å²) in [5.74, 6) is -3.65. The van der Waals surface area contributed by atoms with Crippen molar-refractivity contribution < 1.29 is 30.6 Å². The second-order valence-corrected chi connectivity index (χ2v) is 4.00. The zero-order valence-corrected chi connectivity index (χ0v) is 9.47. The van der Waals surface area contributed by atoms with Crippen LogP contribution in [0, 0.1) is 6.92 Å². The summed E-state index contributed by atoms with van der Waals surface area (Å²) in [6, 6.07) is 1.38. The third-order valence-corrected chi connectivity index (χ3v) is 2.95. The molecule has 0 radical (unpaired) electrons. The summed E-state index contributed by atoms with van der Waals surface area (Å²) in [5, 5.41) is 57.0. The largest absolute Gasteiger partial charge is 0.507 e. The van der Waals surface area contributed by atoms with E-state index < -0.39 is 35.4 Å². The molecule has 0 aromatic heterocycles. The van der Waals surface area contributed by atoms with Crippen molar-refractivity contribution in [2.24, 2.45) is 0 Å². The Morgan fingerprint density at radius 2 is 1.39 bits per heavy atom. The van der Waals surface area contributed by atoms with Gasteiger partial charge in [0.05, 0.1) is 12.0 Å². The third-order valence-electron chi connectivity index (χ3n) is 2.95. The average Bonchev–Trinajstić information content (AvgIpc) is 2.33. The molecular weight excluding hydrogens is 240 g/mol. The van der Waals surface area contributed by atoms with Crippen LogP contribution in [-0.4, -0.2) is 30.6 Å². The second-order valence-electron chi connectivity index (χ2n) is 4.00. The van der Waals surface area contributed by atoms with E-state index in [1.165, 1.54) is 6.07 Å². The Bertz CT molecular complexity index is 647. The molecule has 0 aliphatic carbocycles. The van der Waals surface area contributed by atoms with Gasteiger partial charge in [-0.05, 0) is 18.6 Å². The van der Waals surface area contributed by atoms with Crippen LogP contribution in [0.2, 0.25) is 0 Å². The fraction of sp³-hybridized carbons (Fsp3) is 0.167. The van der Waals surface area contributed by atoms with Gasteiger partial charge in [0.25, 0.3) is 0 Å². The maximum Gasteiger partial charge on any atom is 0.205 e. The third kappa shape index (κ3) is 1.39. The minimum atomic E-state index is -0.928. The predicted molar refractivity (Wildman–Crippen MR) is 62.9 cm³/mol. The maximum absolute atomic E-state index is 9.93. The van der Waals surface area contributed by atoms with E-state index >= 15 is 0 Å². The Morgan fingerprint density at radius 3 is 1.94 bits per heavy atom. The number of fused-ring (bicyclic) bond motifs is 1. The highest BCUT2D eigenvalue weighted by Gasteiger charge is 2.22. The van der Waals surface area contributed by atoms with Gasteiger partial charge in [-0.25, -0.2) is 0 Å². The van der Waals surface area contributed by atoms with Crippen molar-refractivity contribution in [2.45, 2.75) is 13.5 Å². The molecule has 0 amide bonds. The second kappa shape index (κ2) is 3.85. The molecule has 0 fully saturated rings. The van der Waals surface area contributed by atoms with Crippen LogP contribution in [0.1, 0.15) is 11.1 Å². The van der Waals surface area contributed by atoms with Crippen LogP contribution in [0.3, 0.4) is 0 Å². The van der Waals surface area contributed by atoms with Gasteiger partial charge in [-0.1, -0.05) is 0 Å². The van der Waals surface area contributed by atoms with Crippen LogP contribution < -0.4 is 0 Å². The first-order valence-electron chi connectivity index (χ1n) is 5.12. The van der Waals surface area contributed by atoms with Gasteiger partial charge in [0.2, 0.25) is 11.5 Å². The molecule has 0 heterocycles. The van der Waals surface area contributed by atoms with Crippen LogP contribution in [0.5, 0.6) is 28.7 Å². The van der Waals surface area contributed by atoms with Crippen molar-refractivity contribution >= 4 is 10.8 Å². The van der Waals surface area contributed by atoms with Gasteiger partial charge in [-0.15, -0.1) is 0 Å². The van der Waals surface area contributed by atoms with Crippen LogP contribution >= 0.6 is 0 Å². The average molecular weight is 252 g/mol. The molecule has 2 aromatic rings. The number of aromatic hydroxyl groups is 5. The van der Waals surface area contributed by atoms with Crippen molar-refractivity contribution in [3.05, 3.63) is 17.2 Å². The van der Waals surface area contributed by atoms with E-state index in [2.05, 4.69) is 0 Å². The lowest BCUT2D eigenvalue weighted by atomic mass is 9.98. The molecule has 96 valence electrons. The lowest BCUT2D eigenvalue weighted by Crippen LogP contribution is -1.92. The van der Waals surface area contributed by atoms with E-state index in [0.717, 1.165) is 0 Å². The molecule has 6 heteroatoms. The summed E-state index contributed by atoms with van der Waals surface area (Å²) >= 11 is 0. The zero-order chi connectivity index (χ0) is 13.6. The van der Waals surface area contributed by atoms with Gasteiger partial charge in [0.15, 0.2) is 11.5 Å². The number of aliphatic hydroxyl groups is 1. The molecule has 0 bridgehead atoms. The van der Waals surface area contributed by atoms with Crippen molar-refractivity contribution in [1.29, 1.82) is 0 Å².